The van der Waals surface area contributed by atoms with E-state index in [9.17, 15) is 18.0 Å². The van der Waals surface area contributed by atoms with Crippen molar-refractivity contribution >= 4 is 21.9 Å². The van der Waals surface area contributed by atoms with Crippen molar-refractivity contribution in [1.82, 2.24) is 9.62 Å². The molecule has 34 heavy (non-hydrogen) atoms. The van der Waals surface area contributed by atoms with Crippen molar-refractivity contribution in [3.63, 3.8) is 0 Å². The summed E-state index contributed by atoms with van der Waals surface area (Å²) in [5, 5.41) is 3.11. The minimum absolute atomic E-state index is 0.0569. The fraction of sp³-hybridized carbons (Fsp3) is 0.440. The van der Waals surface area contributed by atoms with Gasteiger partial charge in [-0.2, -0.15) is 4.31 Å². The molecule has 1 unspecified atom stereocenters. The molecule has 0 aliphatic carbocycles. The molecule has 0 radical (unpaired) electrons. The lowest BCUT2D eigenvalue weighted by Crippen LogP contribution is -2.43. The number of piperidine rings is 1. The number of carbonyl (C=O) groups is 2. The van der Waals surface area contributed by atoms with Crippen molar-refractivity contribution in [2.45, 2.75) is 44.0 Å². The first-order valence-corrected chi connectivity index (χ1v) is 13.0. The van der Waals surface area contributed by atoms with Gasteiger partial charge in [0, 0.05) is 19.0 Å². The maximum absolute atomic E-state index is 13.0. The van der Waals surface area contributed by atoms with Crippen LogP contribution in [0.5, 0.6) is 5.75 Å². The predicted octanol–water partition coefficient (Wildman–Crippen LogP) is 3.54. The van der Waals surface area contributed by atoms with Crippen LogP contribution in [0.3, 0.4) is 0 Å². The van der Waals surface area contributed by atoms with E-state index in [2.05, 4.69) is 5.32 Å². The van der Waals surface area contributed by atoms with E-state index in [0.717, 1.165) is 17.7 Å². The molecule has 1 N–H and O–H groups in total. The number of rotatable bonds is 9. The molecule has 2 aromatic carbocycles. The van der Waals surface area contributed by atoms with E-state index in [0.29, 0.717) is 18.4 Å². The topological polar surface area (TPSA) is 102 Å². The third kappa shape index (κ3) is 5.95. The number of hydrogen-bond acceptors (Lipinski definition) is 6. The van der Waals surface area contributed by atoms with Crippen LogP contribution in [0.1, 0.15) is 55.1 Å². The average Bonchev–Trinajstić information content (AvgIpc) is 2.87. The Kier molecular flexibility index (Phi) is 8.68. The Balaban J connectivity index is 1.59. The van der Waals surface area contributed by atoms with Crippen molar-refractivity contribution < 1.29 is 27.5 Å². The maximum Gasteiger partial charge on any atom is 0.338 e. The molecule has 1 fully saturated rings. The quantitative estimate of drug-likeness (QED) is 0.542. The van der Waals surface area contributed by atoms with Gasteiger partial charge in [-0.25, -0.2) is 13.2 Å². The number of methoxy groups -OCH3 is 1. The van der Waals surface area contributed by atoms with Crippen LogP contribution in [0.15, 0.2) is 53.4 Å². The molecule has 3 rings (SSSR count). The van der Waals surface area contributed by atoms with Gasteiger partial charge in [-0.3, -0.25) is 4.79 Å². The Bertz CT molecular complexity index is 1080. The molecule has 0 bridgehead atoms. The van der Waals surface area contributed by atoms with Gasteiger partial charge in [-0.15, -0.1) is 0 Å². The van der Waals surface area contributed by atoms with Crippen LogP contribution in [0, 0.1) is 5.92 Å². The first kappa shape index (κ1) is 25.7. The van der Waals surface area contributed by atoms with Crippen LogP contribution < -0.4 is 10.1 Å². The third-order valence-electron chi connectivity index (χ3n) is 6.07. The minimum Gasteiger partial charge on any atom is -0.497 e. The second kappa shape index (κ2) is 11.5. The molecule has 184 valence electrons. The fourth-order valence-corrected chi connectivity index (χ4v) is 5.50. The summed E-state index contributed by atoms with van der Waals surface area (Å²) >= 11 is 0. The van der Waals surface area contributed by atoms with Gasteiger partial charge in [0.15, 0.2) is 0 Å². The van der Waals surface area contributed by atoms with Crippen LogP contribution in [-0.4, -0.2) is 51.4 Å². The second-order valence-corrected chi connectivity index (χ2v) is 10.1. The molecule has 0 spiro atoms. The van der Waals surface area contributed by atoms with E-state index in [1.165, 1.54) is 28.6 Å². The van der Waals surface area contributed by atoms with Crippen molar-refractivity contribution in [2.24, 2.45) is 5.92 Å². The molecule has 0 aromatic heterocycles. The molecule has 1 atom stereocenters. The molecular formula is C25H32N2O6S. The lowest BCUT2D eigenvalue weighted by molar-refractivity contribution is -0.126. The normalized spacial score (nSPS) is 16.0. The van der Waals surface area contributed by atoms with Crippen LogP contribution in [0.4, 0.5) is 0 Å². The number of sulfonamides is 1. The molecule has 9 heteroatoms. The zero-order valence-electron chi connectivity index (χ0n) is 19.8. The Labute approximate surface area is 201 Å². The number of hydrogen-bond donors (Lipinski definition) is 1. The van der Waals surface area contributed by atoms with E-state index >= 15 is 0 Å². The summed E-state index contributed by atoms with van der Waals surface area (Å²) in [5.41, 5.74) is 1.31. The SMILES string of the molecule is CCOC(=O)c1ccc(S(=O)(=O)N2CCC(C(=O)NC(CC)c3ccc(OC)cc3)CC2)cc1. The molecule has 1 amide bonds. The van der Waals surface area contributed by atoms with Gasteiger partial charge in [-0.1, -0.05) is 19.1 Å². The van der Waals surface area contributed by atoms with Crippen LogP contribution in [0.2, 0.25) is 0 Å². The molecule has 2 aromatic rings. The Hall–Kier alpha value is -2.91. The van der Waals surface area contributed by atoms with Crippen molar-refractivity contribution in [3.8, 4) is 5.75 Å². The molecule has 1 aliphatic heterocycles. The number of esters is 1. The summed E-state index contributed by atoms with van der Waals surface area (Å²) in [6, 6.07) is 13.2. The number of nitrogens with zero attached hydrogens (tertiary/aromatic N) is 1. The molecule has 1 saturated heterocycles. The first-order chi connectivity index (χ1) is 16.3. The lowest BCUT2D eigenvalue weighted by atomic mass is 9.95. The van der Waals surface area contributed by atoms with Crippen LogP contribution >= 0.6 is 0 Å². The Morgan fingerprint density at radius 1 is 1.03 bits per heavy atom. The average molecular weight is 489 g/mol. The summed E-state index contributed by atoms with van der Waals surface area (Å²) in [7, 11) is -2.10. The molecule has 1 heterocycles. The maximum atomic E-state index is 13.0. The van der Waals surface area contributed by atoms with E-state index in [1.807, 2.05) is 31.2 Å². The van der Waals surface area contributed by atoms with Crippen molar-refractivity contribution in [1.29, 1.82) is 0 Å². The van der Waals surface area contributed by atoms with Gasteiger partial charge in [0.25, 0.3) is 0 Å². The third-order valence-corrected chi connectivity index (χ3v) is 7.98. The number of carbonyl (C=O) groups excluding carboxylic acids is 2. The van der Waals surface area contributed by atoms with Gasteiger partial charge < -0.3 is 14.8 Å². The van der Waals surface area contributed by atoms with Gasteiger partial charge in [0.2, 0.25) is 15.9 Å². The van der Waals surface area contributed by atoms with E-state index in [1.54, 1.807) is 14.0 Å². The zero-order valence-corrected chi connectivity index (χ0v) is 20.6. The van der Waals surface area contributed by atoms with E-state index in [-0.39, 0.29) is 42.5 Å². The van der Waals surface area contributed by atoms with Gasteiger partial charge >= 0.3 is 5.97 Å². The van der Waals surface area contributed by atoms with Crippen LogP contribution in [0.25, 0.3) is 0 Å². The lowest BCUT2D eigenvalue weighted by Gasteiger charge is -2.31. The predicted molar refractivity (Wildman–Crippen MR) is 128 cm³/mol. The highest BCUT2D eigenvalue weighted by molar-refractivity contribution is 7.89. The smallest absolute Gasteiger partial charge is 0.338 e. The van der Waals surface area contributed by atoms with Gasteiger partial charge in [0.1, 0.15) is 5.75 Å². The molecule has 1 aliphatic rings. The monoisotopic (exact) mass is 488 g/mol. The largest absolute Gasteiger partial charge is 0.497 e. The van der Waals surface area contributed by atoms with Crippen LogP contribution in [-0.2, 0) is 19.6 Å². The molecule has 0 saturated carbocycles. The van der Waals surface area contributed by atoms with Gasteiger partial charge in [-0.05, 0) is 68.1 Å². The fourth-order valence-electron chi connectivity index (χ4n) is 4.03. The number of benzene rings is 2. The Morgan fingerprint density at radius 3 is 2.18 bits per heavy atom. The highest BCUT2D eigenvalue weighted by Crippen LogP contribution is 2.26. The van der Waals surface area contributed by atoms with Crippen molar-refractivity contribution in [3.05, 3.63) is 59.7 Å². The summed E-state index contributed by atoms with van der Waals surface area (Å²) in [4.78, 5) is 24.8. The molecule has 8 nitrogen and oxygen atoms in total. The summed E-state index contributed by atoms with van der Waals surface area (Å²) < 4.78 is 37.6. The number of nitrogens with one attached hydrogen (secondary N) is 1. The number of amides is 1. The van der Waals surface area contributed by atoms with Gasteiger partial charge in [0.05, 0.1) is 30.2 Å². The highest BCUT2D eigenvalue weighted by Gasteiger charge is 2.32. The summed E-state index contributed by atoms with van der Waals surface area (Å²) in [6.45, 7) is 4.50. The second-order valence-electron chi connectivity index (χ2n) is 8.17. The first-order valence-electron chi connectivity index (χ1n) is 11.5. The summed E-state index contributed by atoms with van der Waals surface area (Å²) in [5.74, 6) is -0.0317. The molecular weight excluding hydrogens is 456 g/mol. The zero-order chi connectivity index (χ0) is 24.7. The van der Waals surface area contributed by atoms with Crippen molar-refractivity contribution in [2.75, 3.05) is 26.8 Å². The standard InChI is InChI=1S/C25H32N2O6S/c1-4-23(18-6-10-21(32-3)11-7-18)26-24(28)19-14-16-27(17-15-19)34(30,31)22-12-8-20(9-13-22)25(29)33-5-2/h6-13,19,23H,4-5,14-17H2,1-3H3,(H,26,28). The summed E-state index contributed by atoms with van der Waals surface area (Å²) in [6.07, 6.45) is 1.64. The van der Waals surface area contributed by atoms with E-state index < -0.39 is 16.0 Å². The number of ether oxygens (including phenoxy) is 2. The minimum atomic E-state index is -3.71. The highest BCUT2D eigenvalue weighted by atomic mass is 32.2. The van der Waals surface area contributed by atoms with E-state index in [4.69, 9.17) is 9.47 Å². The Morgan fingerprint density at radius 2 is 1.65 bits per heavy atom.